The first-order chi connectivity index (χ1) is 10.1. The molecule has 0 aliphatic heterocycles. The standard InChI is InChI=1S/C15H20N2O4/c18-12-10-13(15(12)7-3-1-2-4-8-15)21-11-6-5-9-16-14(11)17(19)20/h5-6,9,12-13,18H,1-4,7-8,10H2. The van der Waals surface area contributed by atoms with E-state index in [0.717, 1.165) is 25.7 Å². The van der Waals surface area contributed by atoms with E-state index in [-0.39, 0.29) is 29.2 Å². The summed E-state index contributed by atoms with van der Waals surface area (Å²) in [6.45, 7) is 0. The molecule has 3 rings (SSSR count). The number of rotatable bonds is 3. The molecule has 2 unspecified atom stereocenters. The van der Waals surface area contributed by atoms with Gasteiger partial charge in [0.15, 0.2) is 0 Å². The zero-order valence-electron chi connectivity index (χ0n) is 11.9. The molecule has 2 fully saturated rings. The highest BCUT2D eigenvalue weighted by Crippen LogP contribution is 2.52. The number of nitrogens with zero attached hydrogens (tertiary/aromatic N) is 2. The van der Waals surface area contributed by atoms with Gasteiger partial charge in [0.25, 0.3) is 0 Å². The minimum absolute atomic E-state index is 0.145. The Kier molecular flexibility index (Phi) is 3.80. The molecule has 0 aromatic carbocycles. The number of aliphatic hydroxyl groups excluding tert-OH is 1. The molecular weight excluding hydrogens is 272 g/mol. The zero-order chi connectivity index (χ0) is 14.9. The van der Waals surface area contributed by atoms with Gasteiger partial charge in [-0.25, -0.2) is 0 Å². The number of aliphatic hydroxyl groups is 1. The molecule has 1 heterocycles. The van der Waals surface area contributed by atoms with Crippen molar-refractivity contribution in [3.63, 3.8) is 0 Å². The lowest BCUT2D eigenvalue weighted by Gasteiger charge is -2.52. The highest BCUT2D eigenvalue weighted by atomic mass is 16.6. The van der Waals surface area contributed by atoms with Crippen LogP contribution < -0.4 is 4.74 Å². The second-order valence-corrected chi connectivity index (χ2v) is 6.09. The van der Waals surface area contributed by atoms with Gasteiger partial charge in [0.2, 0.25) is 5.75 Å². The molecule has 6 heteroatoms. The van der Waals surface area contributed by atoms with E-state index in [1.54, 1.807) is 12.1 Å². The maximum atomic E-state index is 11.0. The van der Waals surface area contributed by atoms with E-state index >= 15 is 0 Å². The van der Waals surface area contributed by atoms with Crippen LogP contribution in [0.2, 0.25) is 0 Å². The van der Waals surface area contributed by atoms with Gasteiger partial charge in [0, 0.05) is 11.8 Å². The summed E-state index contributed by atoms with van der Waals surface area (Å²) < 4.78 is 5.90. The van der Waals surface area contributed by atoms with Crippen molar-refractivity contribution in [1.82, 2.24) is 4.98 Å². The maximum absolute atomic E-state index is 11.0. The van der Waals surface area contributed by atoms with Crippen LogP contribution in [-0.2, 0) is 0 Å². The Bertz CT molecular complexity index is 526. The molecule has 2 aliphatic rings. The Morgan fingerprint density at radius 2 is 2.05 bits per heavy atom. The molecule has 1 aromatic rings. The van der Waals surface area contributed by atoms with Gasteiger partial charge in [-0.05, 0) is 34.9 Å². The number of nitro groups is 1. The molecule has 114 valence electrons. The van der Waals surface area contributed by atoms with Crippen LogP contribution in [0.15, 0.2) is 18.3 Å². The van der Waals surface area contributed by atoms with E-state index < -0.39 is 4.92 Å². The van der Waals surface area contributed by atoms with Crippen molar-refractivity contribution in [1.29, 1.82) is 0 Å². The molecule has 1 N–H and O–H groups in total. The quantitative estimate of drug-likeness (QED) is 0.684. The molecule has 1 spiro atoms. The average molecular weight is 292 g/mol. The van der Waals surface area contributed by atoms with Crippen molar-refractivity contribution < 1.29 is 14.8 Å². The first kappa shape index (κ1) is 14.3. The van der Waals surface area contributed by atoms with Crippen molar-refractivity contribution in [2.24, 2.45) is 5.41 Å². The summed E-state index contributed by atoms with van der Waals surface area (Å²) in [5, 5.41) is 21.3. The second kappa shape index (κ2) is 5.60. The topological polar surface area (TPSA) is 85.5 Å². The number of pyridine rings is 1. The van der Waals surface area contributed by atoms with Crippen LogP contribution in [0.25, 0.3) is 0 Å². The van der Waals surface area contributed by atoms with Gasteiger partial charge >= 0.3 is 5.82 Å². The fourth-order valence-corrected chi connectivity index (χ4v) is 3.70. The lowest BCUT2D eigenvalue weighted by atomic mass is 9.59. The van der Waals surface area contributed by atoms with Gasteiger partial charge in [-0.2, -0.15) is 0 Å². The number of aromatic nitrogens is 1. The zero-order valence-corrected chi connectivity index (χ0v) is 11.9. The first-order valence-corrected chi connectivity index (χ1v) is 7.57. The van der Waals surface area contributed by atoms with Crippen LogP contribution in [0.4, 0.5) is 5.82 Å². The van der Waals surface area contributed by atoms with Gasteiger partial charge in [-0.3, -0.25) is 0 Å². The molecule has 21 heavy (non-hydrogen) atoms. The Labute approximate surface area is 123 Å². The third kappa shape index (κ3) is 2.48. The van der Waals surface area contributed by atoms with Crippen LogP contribution in [0.5, 0.6) is 5.75 Å². The van der Waals surface area contributed by atoms with E-state index in [9.17, 15) is 15.2 Å². The molecule has 2 aliphatic carbocycles. The third-order valence-corrected chi connectivity index (χ3v) is 4.97. The van der Waals surface area contributed by atoms with Crippen molar-refractivity contribution >= 4 is 5.82 Å². The number of hydrogen-bond acceptors (Lipinski definition) is 5. The van der Waals surface area contributed by atoms with E-state index in [0.29, 0.717) is 6.42 Å². The molecular formula is C15H20N2O4. The SMILES string of the molecule is O=[N+]([O-])c1ncccc1OC1CC(O)C12CCCCCC2. The summed E-state index contributed by atoms with van der Waals surface area (Å²) in [5.41, 5.74) is -0.222. The van der Waals surface area contributed by atoms with Crippen molar-refractivity contribution in [3.05, 3.63) is 28.4 Å². The third-order valence-electron chi connectivity index (χ3n) is 4.97. The smallest absolute Gasteiger partial charge is 0.406 e. The van der Waals surface area contributed by atoms with Crippen LogP contribution in [-0.4, -0.2) is 27.2 Å². The minimum atomic E-state index is -0.524. The predicted molar refractivity (Wildman–Crippen MR) is 76.1 cm³/mol. The van der Waals surface area contributed by atoms with Crippen LogP contribution in [0, 0.1) is 15.5 Å². The highest BCUT2D eigenvalue weighted by molar-refractivity contribution is 5.39. The van der Waals surface area contributed by atoms with Crippen LogP contribution in [0.3, 0.4) is 0 Å². The van der Waals surface area contributed by atoms with Gasteiger partial charge in [-0.15, -0.1) is 0 Å². The second-order valence-electron chi connectivity index (χ2n) is 6.09. The Morgan fingerprint density at radius 3 is 2.67 bits per heavy atom. The van der Waals surface area contributed by atoms with Gasteiger partial charge in [-0.1, -0.05) is 25.7 Å². The van der Waals surface area contributed by atoms with Crippen molar-refractivity contribution in [3.8, 4) is 5.75 Å². The Morgan fingerprint density at radius 1 is 1.33 bits per heavy atom. The van der Waals surface area contributed by atoms with E-state index in [2.05, 4.69) is 4.98 Å². The summed E-state index contributed by atoms with van der Waals surface area (Å²) in [6, 6.07) is 3.22. The maximum Gasteiger partial charge on any atom is 0.406 e. The molecule has 6 nitrogen and oxygen atoms in total. The fraction of sp³-hybridized carbons (Fsp3) is 0.667. The summed E-state index contributed by atoms with van der Waals surface area (Å²) in [5.74, 6) is -0.0364. The average Bonchev–Trinajstić information content (AvgIpc) is 2.75. The summed E-state index contributed by atoms with van der Waals surface area (Å²) in [7, 11) is 0. The minimum Gasteiger partial charge on any atom is -0.482 e. The molecule has 0 bridgehead atoms. The van der Waals surface area contributed by atoms with Gasteiger partial charge in [0.05, 0.1) is 6.10 Å². The summed E-state index contributed by atoms with van der Waals surface area (Å²) >= 11 is 0. The molecule has 0 saturated heterocycles. The van der Waals surface area contributed by atoms with Crippen molar-refractivity contribution in [2.75, 3.05) is 0 Å². The van der Waals surface area contributed by atoms with Gasteiger partial charge < -0.3 is 20.0 Å². The number of ether oxygens (including phenoxy) is 1. The first-order valence-electron chi connectivity index (χ1n) is 7.57. The highest BCUT2D eigenvalue weighted by Gasteiger charge is 2.55. The Balaban J connectivity index is 1.80. The lowest BCUT2D eigenvalue weighted by Crippen LogP contribution is -2.59. The molecule has 0 amide bonds. The Hall–Kier alpha value is -1.69. The van der Waals surface area contributed by atoms with E-state index in [4.69, 9.17) is 4.74 Å². The molecule has 1 aromatic heterocycles. The van der Waals surface area contributed by atoms with E-state index in [1.807, 2.05) is 0 Å². The lowest BCUT2D eigenvalue weighted by molar-refractivity contribution is -0.391. The van der Waals surface area contributed by atoms with Crippen molar-refractivity contribution in [2.45, 2.75) is 57.2 Å². The predicted octanol–water partition coefficient (Wildman–Crippen LogP) is 2.84. The normalized spacial score (nSPS) is 27.7. The van der Waals surface area contributed by atoms with Crippen LogP contribution in [0.1, 0.15) is 44.9 Å². The van der Waals surface area contributed by atoms with Crippen LogP contribution >= 0.6 is 0 Å². The largest absolute Gasteiger partial charge is 0.482 e. The molecule has 0 radical (unpaired) electrons. The fourth-order valence-electron chi connectivity index (χ4n) is 3.70. The van der Waals surface area contributed by atoms with Gasteiger partial charge in [0.1, 0.15) is 12.3 Å². The molecule has 2 atom stereocenters. The summed E-state index contributed by atoms with van der Waals surface area (Å²) in [6.07, 6.45) is 7.87. The number of hydrogen-bond donors (Lipinski definition) is 1. The monoisotopic (exact) mass is 292 g/mol. The van der Waals surface area contributed by atoms with E-state index in [1.165, 1.54) is 19.0 Å². The summed E-state index contributed by atoms with van der Waals surface area (Å²) in [4.78, 5) is 14.3. The molecule has 2 saturated carbocycles.